The van der Waals surface area contributed by atoms with Crippen molar-refractivity contribution in [2.45, 2.75) is 26.3 Å². The fourth-order valence-electron chi connectivity index (χ4n) is 1.72. The maximum Gasteiger partial charge on any atom is 0.0345 e. The molecule has 0 bridgehead atoms. The Hall–Kier alpha value is -0.860. The third-order valence-electron chi connectivity index (χ3n) is 2.51. The first kappa shape index (κ1) is 10.7. The lowest BCUT2D eigenvalue weighted by molar-refractivity contribution is 0.591. The van der Waals surface area contributed by atoms with E-state index in [-0.39, 0.29) is 0 Å². The molecule has 1 aromatic heterocycles. The zero-order valence-corrected chi connectivity index (χ0v) is 10.1. The van der Waals surface area contributed by atoms with Crippen molar-refractivity contribution >= 4 is 21.4 Å². The van der Waals surface area contributed by atoms with Crippen LogP contribution in [-0.4, -0.2) is 12.6 Å². The maximum atomic E-state index is 3.45. The lowest BCUT2D eigenvalue weighted by Gasteiger charge is -2.06. The summed E-state index contributed by atoms with van der Waals surface area (Å²) in [6.07, 6.45) is 1.13. The number of fused-ring (bicyclic) bond motifs is 1. The Morgan fingerprint density at radius 2 is 2.07 bits per heavy atom. The van der Waals surface area contributed by atoms with Crippen LogP contribution in [0.3, 0.4) is 0 Å². The molecule has 0 fully saturated rings. The van der Waals surface area contributed by atoms with Crippen LogP contribution in [-0.2, 0) is 6.42 Å². The molecule has 15 heavy (non-hydrogen) atoms. The second-order valence-corrected chi connectivity index (χ2v) is 5.03. The molecule has 80 valence electrons. The Morgan fingerprint density at radius 3 is 2.87 bits per heavy atom. The molecular formula is C13H17NS. The van der Waals surface area contributed by atoms with Gasteiger partial charge in [0.15, 0.2) is 0 Å². The number of hydrogen-bond acceptors (Lipinski definition) is 2. The molecule has 2 heteroatoms. The fraction of sp³-hybridized carbons (Fsp3) is 0.385. The van der Waals surface area contributed by atoms with Crippen LogP contribution in [0.25, 0.3) is 10.1 Å². The average Bonchev–Trinajstić information content (AvgIpc) is 2.62. The number of nitrogens with one attached hydrogen (secondary N) is 1. The van der Waals surface area contributed by atoms with Gasteiger partial charge >= 0.3 is 0 Å². The number of benzene rings is 1. The molecular weight excluding hydrogens is 202 g/mol. The Bertz CT molecular complexity index is 431. The fourth-order valence-corrected chi connectivity index (χ4v) is 2.72. The summed E-state index contributed by atoms with van der Waals surface area (Å²) in [4.78, 5) is 0. The number of rotatable bonds is 4. The summed E-state index contributed by atoms with van der Waals surface area (Å²) in [5, 5.41) is 7.16. The molecule has 0 unspecified atom stereocenters. The van der Waals surface area contributed by atoms with E-state index in [9.17, 15) is 0 Å². The summed E-state index contributed by atoms with van der Waals surface area (Å²) >= 11 is 1.84. The minimum atomic E-state index is 0.579. The summed E-state index contributed by atoms with van der Waals surface area (Å²) in [5.74, 6) is 0. The molecule has 0 atom stereocenters. The molecule has 0 amide bonds. The highest BCUT2D eigenvalue weighted by atomic mass is 32.1. The first-order chi connectivity index (χ1) is 7.27. The van der Waals surface area contributed by atoms with Crippen LogP contribution in [0.15, 0.2) is 29.6 Å². The molecule has 0 spiro atoms. The van der Waals surface area contributed by atoms with Gasteiger partial charge in [-0.3, -0.25) is 0 Å². The minimum absolute atomic E-state index is 0.579. The van der Waals surface area contributed by atoms with Gasteiger partial charge in [0.05, 0.1) is 0 Å². The van der Waals surface area contributed by atoms with E-state index in [2.05, 4.69) is 48.8 Å². The van der Waals surface area contributed by atoms with Crippen LogP contribution in [0, 0.1) is 0 Å². The van der Waals surface area contributed by atoms with E-state index in [1.165, 1.54) is 15.6 Å². The molecule has 1 heterocycles. The van der Waals surface area contributed by atoms with Gasteiger partial charge < -0.3 is 5.32 Å². The minimum Gasteiger partial charge on any atom is -0.314 e. The van der Waals surface area contributed by atoms with Crippen LogP contribution in [0.2, 0.25) is 0 Å². The van der Waals surface area contributed by atoms with Gasteiger partial charge in [-0.25, -0.2) is 0 Å². The van der Waals surface area contributed by atoms with Gasteiger partial charge in [-0.05, 0) is 35.4 Å². The second-order valence-electron chi connectivity index (χ2n) is 4.12. The Morgan fingerprint density at radius 1 is 1.27 bits per heavy atom. The van der Waals surface area contributed by atoms with E-state index in [4.69, 9.17) is 0 Å². The molecule has 0 saturated heterocycles. The lowest BCUT2D eigenvalue weighted by atomic mass is 10.1. The monoisotopic (exact) mass is 219 g/mol. The van der Waals surface area contributed by atoms with Crippen molar-refractivity contribution in [3.05, 3.63) is 35.2 Å². The van der Waals surface area contributed by atoms with Crippen molar-refractivity contribution in [3.63, 3.8) is 0 Å². The van der Waals surface area contributed by atoms with Crippen molar-refractivity contribution in [1.82, 2.24) is 5.32 Å². The summed E-state index contributed by atoms with van der Waals surface area (Å²) < 4.78 is 1.40. The van der Waals surface area contributed by atoms with Gasteiger partial charge in [-0.15, -0.1) is 11.3 Å². The third-order valence-corrected chi connectivity index (χ3v) is 3.52. The standard InChI is InChI=1S/C13H17NS/c1-10(2)14-8-7-11-9-15-13-6-4-3-5-12(11)13/h3-6,9-10,14H,7-8H2,1-2H3. The second kappa shape index (κ2) is 4.77. The van der Waals surface area contributed by atoms with Crippen LogP contribution in [0.5, 0.6) is 0 Å². The van der Waals surface area contributed by atoms with Gasteiger partial charge in [0.2, 0.25) is 0 Å². The van der Waals surface area contributed by atoms with E-state index >= 15 is 0 Å². The van der Waals surface area contributed by atoms with E-state index < -0.39 is 0 Å². The van der Waals surface area contributed by atoms with Crippen LogP contribution < -0.4 is 5.32 Å². The third kappa shape index (κ3) is 2.58. The molecule has 2 aromatic rings. The smallest absolute Gasteiger partial charge is 0.0345 e. The molecule has 2 rings (SSSR count). The first-order valence-electron chi connectivity index (χ1n) is 5.46. The molecule has 1 N–H and O–H groups in total. The molecule has 0 saturated carbocycles. The summed E-state index contributed by atoms with van der Waals surface area (Å²) in [6.45, 7) is 5.44. The highest BCUT2D eigenvalue weighted by Crippen LogP contribution is 2.25. The predicted molar refractivity (Wildman–Crippen MR) is 68.7 cm³/mol. The van der Waals surface area contributed by atoms with Gasteiger partial charge in [-0.1, -0.05) is 32.0 Å². The molecule has 0 aliphatic carbocycles. The first-order valence-corrected chi connectivity index (χ1v) is 6.34. The van der Waals surface area contributed by atoms with Gasteiger partial charge in [0.1, 0.15) is 0 Å². The van der Waals surface area contributed by atoms with Crippen molar-refractivity contribution in [2.75, 3.05) is 6.54 Å². The molecule has 0 radical (unpaired) electrons. The summed E-state index contributed by atoms with van der Waals surface area (Å²) in [5.41, 5.74) is 1.48. The topological polar surface area (TPSA) is 12.0 Å². The van der Waals surface area contributed by atoms with Crippen LogP contribution in [0.4, 0.5) is 0 Å². The van der Waals surface area contributed by atoms with Crippen LogP contribution >= 0.6 is 11.3 Å². The van der Waals surface area contributed by atoms with E-state index in [1.807, 2.05) is 11.3 Å². The average molecular weight is 219 g/mol. The zero-order valence-electron chi connectivity index (χ0n) is 9.29. The predicted octanol–water partition coefficient (Wildman–Crippen LogP) is 3.44. The van der Waals surface area contributed by atoms with Crippen molar-refractivity contribution in [1.29, 1.82) is 0 Å². The van der Waals surface area contributed by atoms with Gasteiger partial charge in [0.25, 0.3) is 0 Å². The lowest BCUT2D eigenvalue weighted by Crippen LogP contribution is -2.24. The number of thiophene rings is 1. The highest BCUT2D eigenvalue weighted by Gasteiger charge is 2.02. The molecule has 1 aromatic carbocycles. The van der Waals surface area contributed by atoms with E-state index in [0.717, 1.165) is 13.0 Å². The zero-order chi connectivity index (χ0) is 10.7. The Kier molecular flexibility index (Phi) is 3.39. The van der Waals surface area contributed by atoms with E-state index in [0.29, 0.717) is 6.04 Å². The van der Waals surface area contributed by atoms with Crippen molar-refractivity contribution < 1.29 is 0 Å². The Balaban J connectivity index is 2.08. The van der Waals surface area contributed by atoms with Gasteiger partial charge in [-0.2, -0.15) is 0 Å². The number of hydrogen-bond donors (Lipinski definition) is 1. The van der Waals surface area contributed by atoms with Crippen molar-refractivity contribution in [2.24, 2.45) is 0 Å². The highest BCUT2D eigenvalue weighted by molar-refractivity contribution is 7.17. The van der Waals surface area contributed by atoms with E-state index in [1.54, 1.807) is 0 Å². The van der Waals surface area contributed by atoms with Crippen LogP contribution in [0.1, 0.15) is 19.4 Å². The maximum absolute atomic E-state index is 3.45. The largest absolute Gasteiger partial charge is 0.314 e. The molecule has 0 aliphatic rings. The quantitative estimate of drug-likeness (QED) is 0.830. The van der Waals surface area contributed by atoms with Gasteiger partial charge in [0, 0.05) is 10.7 Å². The van der Waals surface area contributed by atoms with Crippen molar-refractivity contribution in [3.8, 4) is 0 Å². The molecule has 0 aliphatic heterocycles. The summed E-state index contributed by atoms with van der Waals surface area (Å²) in [7, 11) is 0. The normalized spacial score (nSPS) is 11.4. The summed E-state index contributed by atoms with van der Waals surface area (Å²) in [6, 6.07) is 9.22. The molecule has 1 nitrogen and oxygen atoms in total. The Labute approximate surface area is 95.1 Å². The SMILES string of the molecule is CC(C)NCCc1csc2ccccc12.